The average molecular weight is 563 g/mol. The van der Waals surface area contributed by atoms with Crippen molar-refractivity contribution in [1.82, 2.24) is 4.84 Å². The predicted molar refractivity (Wildman–Crippen MR) is 171 cm³/mol. The lowest BCUT2D eigenvalue weighted by Crippen LogP contribution is -2.44. The molecule has 2 N–H and O–H groups in total. The normalized spacial score (nSPS) is 8.51. The zero-order valence-corrected chi connectivity index (χ0v) is 25.0. The highest BCUT2D eigenvalue weighted by Gasteiger charge is 2.16. The molecule has 0 aliphatic carbocycles. The summed E-state index contributed by atoms with van der Waals surface area (Å²) in [6.07, 6.45) is 5.88. The van der Waals surface area contributed by atoms with E-state index in [2.05, 4.69) is 93.5 Å². The van der Waals surface area contributed by atoms with Gasteiger partial charge in [0.2, 0.25) is 9.04 Å². The zero-order chi connectivity index (χ0) is 25.7. The van der Waals surface area contributed by atoms with Crippen LogP contribution < -0.4 is 15.2 Å². The van der Waals surface area contributed by atoms with Crippen molar-refractivity contribution in [2.45, 2.75) is 61.6 Å². The fourth-order valence-corrected chi connectivity index (χ4v) is 4.05. The molecule has 2 rings (SSSR count). The van der Waals surface area contributed by atoms with Crippen LogP contribution in [0.15, 0.2) is 86.0 Å². The number of benzene rings is 2. The van der Waals surface area contributed by atoms with E-state index in [9.17, 15) is 0 Å². The van der Waals surface area contributed by atoms with Crippen LogP contribution in [0.5, 0.6) is 0 Å². The van der Waals surface area contributed by atoms with E-state index in [4.69, 9.17) is 32.4 Å². The van der Waals surface area contributed by atoms with Crippen molar-refractivity contribution < 1.29 is 9.53 Å². The molecule has 0 saturated carbocycles. The van der Waals surface area contributed by atoms with Gasteiger partial charge < -0.3 is 9.53 Å². The van der Waals surface area contributed by atoms with Gasteiger partial charge in [-0.25, -0.2) is 4.84 Å². The molecule has 7 heteroatoms. The van der Waals surface area contributed by atoms with Gasteiger partial charge >= 0.3 is 0 Å². The Morgan fingerprint density at radius 1 is 0.857 bits per heavy atom. The molecule has 0 aliphatic heterocycles. The van der Waals surface area contributed by atoms with Crippen LogP contribution in [0.1, 0.15) is 48.5 Å². The molecule has 0 unspecified atom stereocenters. The summed E-state index contributed by atoms with van der Waals surface area (Å²) in [5.41, 5.74) is 0. The highest BCUT2D eigenvalue weighted by molar-refractivity contribution is 7.05. The van der Waals surface area contributed by atoms with Crippen molar-refractivity contribution in [3.8, 4) is 0 Å². The maximum atomic E-state index is 7.76. The van der Waals surface area contributed by atoms with Gasteiger partial charge in [-0.1, -0.05) is 134 Å². The fraction of sp³-hybridized carbons (Fsp3) is 0.429. The third kappa shape index (κ3) is 35.1. The Hall–Kier alpha value is -1.19. The monoisotopic (exact) mass is 561 g/mol. The maximum absolute atomic E-state index is 7.76. The number of hydrogen-bond acceptors (Lipinski definition) is 3. The molecule has 3 nitrogen and oxygen atoms in total. The first kappa shape index (κ1) is 43.9. The minimum atomic E-state index is -1.54. The SMILES string of the molecule is C.C.C=CCO.C=CCO[SiH](c1ccccc1)c1ccccc1.CCCC.CCNCl.C[SiH](C)Cl. The molecular formula is C28H53Cl2NO2Si2. The van der Waals surface area contributed by atoms with Gasteiger partial charge in [0.1, 0.15) is 8.11 Å². The second kappa shape index (κ2) is 37.4. The summed E-state index contributed by atoms with van der Waals surface area (Å²) in [6, 6.07) is 20.9. The first-order valence-electron chi connectivity index (χ1n) is 11.4. The number of aliphatic hydroxyl groups is 1. The van der Waals surface area contributed by atoms with E-state index in [-0.39, 0.29) is 21.5 Å². The van der Waals surface area contributed by atoms with Gasteiger partial charge in [0.25, 0.3) is 0 Å². The third-order valence-electron chi connectivity index (χ3n) is 3.35. The van der Waals surface area contributed by atoms with Crippen molar-refractivity contribution >= 4 is 50.4 Å². The van der Waals surface area contributed by atoms with Gasteiger partial charge in [0.15, 0.2) is 0 Å². The molecule has 0 fully saturated rings. The minimum Gasteiger partial charge on any atom is -0.407 e. The molecule has 0 radical (unpaired) electrons. The molecule has 204 valence electrons. The Bertz CT molecular complexity index is 583. The number of hydrogen-bond donors (Lipinski definition) is 2. The topological polar surface area (TPSA) is 41.5 Å². The highest BCUT2D eigenvalue weighted by atomic mass is 35.6. The standard InChI is InChI=1S/C15H16OSi.C4H10.C3H6O.C2H6ClN.C2H7ClSi.2CH4/c1-2-13-16-17(14-9-5-3-6-10-14)15-11-7-4-8-12-15;1-3-4-2;1-2-3-4;1-2-4-3;1-4(2)3;;/h2-12,17H,1,13H2;3-4H2,1-2H3;2,4H,1,3H2;4H,2H2,1H3;4H,1-2H3;2*1H4. The number of aliphatic hydroxyl groups excluding tert-OH is 1. The summed E-state index contributed by atoms with van der Waals surface area (Å²) in [4.78, 5) is 2.40. The Morgan fingerprint density at radius 3 is 1.37 bits per heavy atom. The first-order chi connectivity index (χ1) is 15.9. The van der Waals surface area contributed by atoms with Crippen molar-refractivity contribution in [2.24, 2.45) is 0 Å². The second-order valence-electron chi connectivity index (χ2n) is 6.80. The summed E-state index contributed by atoms with van der Waals surface area (Å²) in [7, 11) is -2.21. The van der Waals surface area contributed by atoms with Crippen molar-refractivity contribution in [2.75, 3.05) is 19.8 Å². The van der Waals surface area contributed by atoms with E-state index < -0.39 is 17.1 Å². The van der Waals surface area contributed by atoms with Crippen molar-refractivity contribution in [1.29, 1.82) is 0 Å². The Kier molecular flexibility index (Phi) is 46.8. The summed E-state index contributed by atoms with van der Waals surface area (Å²) in [5.74, 6) is 0. The van der Waals surface area contributed by atoms with Crippen LogP contribution in [0.25, 0.3) is 0 Å². The Labute approximate surface area is 231 Å². The smallest absolute Gasteiger partial charge is 0.240 e. The summed E-state index contributed by atoms with van der Waals surface area (Å²) >= 11 is 10.3. The average Bonchev–Trinajstić information content (AvgIpc) is 2.85. The van der Waals surface area contributed by atoms with E-state index in [1.54, 1.807) is 0 Å². The van der Waals surface area contributed by atoms with E-state index >= 15 is 0 Å². The zero-order valence-electron chi connectivity index (χ0n) is 21.1. The third-order valence-corrected chi connectivity index (χ3v) is 6.12. The van der Waals surface area contributed by atoms with E-state index in [1.165, 1.54) is 29.3 Å². The molecule has 0 aliphatic rings. The minimum absolute atomic E-state index is 0. The molecule has 2 aromatic rings. The summed E-state index contributed by atoms with van der Waals surface area (Å²) in [6.45, 7) is 18.9. The van der Waals surface area contributed by atoms with Crippen molar-refractivity contribution in [3.05, 3.63) is 86.0 Å². The molecular weight excluding hydrogens is 509 g/mol. The lowest BCUT2D eigenvalue weighted by Gasteiger charge is -2.15. The second-order valence-corrected chi connectivity index (χ2v) is 14.1. The largest absolute Gasteiger partial charge is 0.407 e. The highest BCUT2D eigenvalue weighted by Crippen LogP contribution is 1.94. The fourth-order valence-electron chi connectivity index (χ4n) is 1.80. The van der Waals surface area contributed by atoms with Gasteiger partial charge in [-0.2, -0.15) is 11.1 Å². The first-order valence-corrected chi connectivity index (χ1v) is 17.5. The summed E-state index contributed by atoms with van der Waals surface area (Å²) in [5, 5.41) is 10.4. The van der Waals surface area contributed by atoms with Crippen LogP contribution in [-0.2, 0) is 4.43 Å². The predicted octanol–water partition coefficient (Wildman–Crippen LogP) is 6.93. The van der Waals surface area contributed by atoms with Gasteiger partial charge in [-0.05, 0) is 22.2 Å². The lowest BCUT2D eigenvalue weighted by molar-refractivity contribution is 0.343. The van der Waals surface area contributed by atoms with Crippen LogP contribution in [0.4, 0.5) is 0 Å². The van der Waals surface area contributed by atoms with Crippen molar-refractivity contribution in [3.63, 3.8) is 0 Å². The molecule has 0 heterocycles. The van der Waals surface area contributed by atoms with Crippen LogP contribution >= 0.6 is 22.9 Å². The Morgan fingerprint density at radius 2 is 1.17 bits per heavy atom. The van der Waals surface area contributed by atoms with E-state index in [0.717, 1.165) is 6.54 Å². The number of rotatable bonds is 8. The van der Waals surface area contributed by atoms with Gasteiger partial charge in [-0.3, -0.25) is 0 Å². The number of nitrogens with one attached hydrogen (secondary N) is 1. The molecule has 0 bridgehead atoms. The molecule has 0 atom stereocenters. The Balaban J connectivity index is -0.000000139. The maximum Gasteiger partial charge on any atom is 0.240 e. The molecule has 0 amide bonds. The molecule has 2 aromatic carbocycles. The molecule has 35 heavy (non-hydrogen) atoms. The summed E-state index contributed by atoms with van der Waals surface area (Å²) < 4.78 is 5.98. The van der Waals surface area contributed by atoms with E-state index in [1.807, 2.05) is 25.1 Å². The van der Waals surface area contributed by atoms with Crippen LogP contribution in [-0.4, -0.2) is 42.0 Å². The molecule has 0 saturated heterocycles. The van der Waals surface area contributed by atoms with Gasteiger partial charge in [-0.15, -0.1) is 13.2 Å². The molecule has 0 spiro atoms. The number of unbranched alkanes of at least 4 members (excludes halogenated alkanes) is 1. The van der Waals surface area contributed by atoms with Crippen LogP contribution in [0, 0.1) is 0 Å². The molecule has 0 aromatic heterocycles. The van der Waals surface area contributed by atoms with Crippen LogP contribution in [0.3, 0.4) is 0 Å². The van der Waals surface area contributed by atoms with Gasteiger partial charge in [0.05, 0.1) is 13.2 Å². The van der Waals surface area contributed by atoms with Gasteiger partial charge in [0, 0.05) is 6.54 Å². The van der Waals surface area contributed by atoms with E-state index in [0.29, 0.717) is 6.61 Å². The van der Waals surface area contributed by atoms with Crippen LogP contribution in [0.2, 0.25) is 13.1 Å². The quantitative estimate of drug-likeness (QED) is 0.159. The number of halogens is 2. The lowest BCUT2D eigenvalue weighted by atomic mass is 10.4.